The van der Waals surface area contributed by atoms with E-state index < -0.39 is 5.41 Å². The molecule has 3 N–H and O–H groups in total. The molecule has 16 rings (SSSR count). The van der Waals surface area contributed by atoms with Crippen LogP contribution in [0.1, 0.15) is 55.6 Å². The third kappa shape index (κ3) is 7.49. The normalized spacial score (nSPS) is 13.2. The molecular formula is C80H58N2. The molecule has 82 heavy (non-hydrogen) atoms. The molecule has 0 radical (unpaired) electrons. The van der Waals surface area contributed by atoms with Crippen LogP contribution in [0.5, 0.6) is 0 Å². The Labute approximate surface area is 479 Å². The average molecular weight is 1050 g/mol. The van der Waals surface area contributed by atoms with E-state index in [1.807, 2.05) is 6.07 Å². The molecule has 0 atom stereocenters. The minimum atomic E-state index is -0.485. The number of nitrogen functional groups attached to an aromatic ring is 1. The zero-order chi connectivity index (χ0) is 54.9. The highest BCUT2D eigenvalue weighted by Crippen LogP contribution is 2.58. The first kappa shape index (κ1) is 48.8. The predicted molar refractivity (Wildman–Crippen MR) is 346 cm³/mol. The van der Waals surface area contributed by atoms with Crippen molar-refractivity contribution >= 4 is 49.4 Å². The Kier molecular flexibility index (Phi) is 11.6. The van der Waals surface area contributed by atoms with Crippen LogP contribution in [0.2, 0.25) is 0 Å². The average Bonchev–Trinajstić information content (AvgIpc) is 3.08. The van der Waals surface area contributed by atoms with Gasteiger partial charge < -0.3 is 11.1 Å². The van der Waals surface area contributed by atoms with Crippen molar-refractivity contribution in [3.05, 3.63) is 353 Å². The molecule has 0 fully saturated rings. The SMILES string of the molecule is Cc1cccc(-c2c(Nc3cccc(C4(c5ccccc5)c5ccccc5-c5ccccc54)c3)c3ccc4cccc5ccc(c2-c2cccc(C)c2)c3c45)c1.Nc1cccc(C2(c3ccccc3)c3ccccc3-c3ccccc32)c1. The number of rotatable bonds is 8. The summed E-state index contributed by atoms with van der Waals surface area (Å²) in [6.45, 7) is 4.38. The Bertz CT molecular complexity index is 4660. The Morgan fingerprint density at radius 3 is 1.22 bits per heavy atom. The van der Waals surface area contributed by atoms with Crippen molar-refractivity contribution in [2.24, 2.45) is 0 Å². The Hall–Kier alpha value is -10.3. The molecule has 388 valence electrons. The van der Waals surface area contributed by atoms with Gasteiger partial charge in [-0.2, -0.15) is 0 Å². The third-order valence-corrected chi connectivity index (χ3v) is 17.6. The van der Waals surface area contributed by atoms with Crippen molar-refractivity contribution in [1.29, 1.82) is 0 Å². The highest BCUT2D eigenvalue weighted by Gasteiger charge is 2.47. The molecule has 0 spiro atoms. The number of benzene rings is 14. The minimum absolute atomic E-state index is 0.343. The topological polar surface area (TPSA) is 38.0 Å². The largest absolute Gasteiger partial charge is 0.399 e. The van der Waals surface area contributed by atoms with Crippen LogP contribution in [0, 0.1) is 13.8 Å². The van der Waals surface area contributed by atoms with Crippen molar-refractivity contribution in [2.75, 3.05) is 11.1 Å². The van der Waals surface area contributed by atoms with E-state index in [1.54, 1.807) is 0 Å². The molecule has 0 unspecified atom stereocenters. The molecule has 2 aliphatic rings. The van der Waals surface area contributed by atoms with Gasteiger partial charge in [0, 0.05) is 27.7 Å². The van der Waals surface area contributed by atoms with Gasteiger partial charge in [-0.15, -0.1) is 0 Å². The van der Waals surface area contributed by atoms with E-state index in [0.717, 1.165) is 17.1 Å². The third-order valence-electron chi connectivity index (χ3n) is 17.6. The van der Waals surface area contributed by atoms with Gasteiger partial charge in [0.1, 0.15) is 0 Å². The summed E-state index contributed by atoms with van der Waals surface area (Å²) in [7, 11) is 0. The first-order chi connectivity index (χ1) is 40.4. The van der Waals surface area contributed by atoms with Crippen molar-refractivity contribution in [3.8, 4) is 44.5 Å². The number of nitrogens with two attached hydrogens (primary N) is 1. The molecule has 0 amide bonds. The first-order valence-electron chi connectivity index (χ1n) is 28.5. The molecular weight excluding hydrogens is 989 g/mol. The van der Waals surface area contributed by atoms with Gasteiger partial charge in [-0.1, -0.05) is 284 Å². The fraction of sp³-hybridized carbons (Fsp3) is 0.0500. The summed E-state index contributed by atoms with van der Waals surface area (Å²) in [4.78, 5) is 0. The van der Waals surface area contributed by atoms with Crippen LogP contribution in [-0.4, -0.2) is 0 Å². The molecule has 14 aromatic rings. The molecule has 2 nitrogen and oxygen atoms in total. The highest BCUT2D eigenvalue weighted by atomic mass is 14.9. The van der Waals surface area contributed by atoms with Crippen LogP contribution < -0.4 is 11.1 Å². The standard InChI is InChI=1S/C55H39N.C25H19N/c1-35-14-10-18-39(32-35)51-46-30-28-37-16-12-17-38-29-31-47(53(46)50(37)38)54(52(51)40-19-11-15-36(2)33-40)56-43-23-13-22-42(34-43)55(41-20-4-3-5-21-41)48-26-8-6-24-44(48)45-25-7-9-27-49(45)55;26-20-12-8-11-19(17-20)25(18-9-2-1-3-10-18)23-15-6-4-13-21(23)22-14-5-7-16-24(22)25/h3-34,56H,1-2H3;1-17H,26H2. The van der Waals surface area contributed by atoms with E-state index in [2.05, 4.69) is 310 Å². The first-order valence-corrected chi connectivity index (χ1v) is 28.5. The van der Waals surface area contributed by atoms with E-state index in [1.165, 1.54) is 132 Å². The number of nitrogens with one attached hydrogen (secondary N) is 1. The molecule has 0 saturated heterocycles. The number of anilines is 3. The van der Waals surface area contributed by atoms with Gasteiger partial charge in [-0.05, 0) is 143 Å². The van der Waals surface area contributed by atoms with Crippen LogP contribution >= 0.6 is 0 Å². The summed E-state index contributed by atoms with van der Waals surface area (Å²) < 4.78 is 0. The van der Waals surface area contributed by atoms with Gasteiger partial charge in [0.2, 0.25) is 0 Å². The predicted octanol–water partition coefficient (Wildman–Crippen LogP) is 20.3. The summed E-state index contributed by atoms with van der Waals surface area (Å²) in [6, 6.07) is 109. The molecule has 0 heterocycles. The second-order valence-corrected chi connectivity index (χ2v) is 22.3. The lowest BCUT2D eigenvalue weighted by Crippen LogP contribution is -2.28. The summed E-state index contributed by atoms with van der Waals surface area (Å²) in [5.41, 5.74) is 31.1. The quantitative estimate of drug-likeness (QED) is 0.118. The van der Waals surface area contributed by atoms with Crippen LogP contribution in [0.25, 0.3) is 76.8 Å². The number of aryl methyl sites for hydroxylation is 2. The van der Waals surface area contributed by atoms with Crippen molar-refractivity contribution in [2.45, 2.75) is 24.7 Å². The van der Waals surface area contributed by atoms with Crippen LogP contribution in [0.4, 0.5) is 17.1 Å². The summed E-state index contributed by atoms with van der Waals surface area (Å²) in [6.07, 6.45) is 0. The van der Waals surface area contributed by atoms with Crippen molar-refractivity contribution in [1.82, 2.24) is 0 Å². The highest BCUT2D eigenvalue weighted by molar-refractivity contribution is 6.31. The zero-order valence-corrected chi connectivity index (χ0v) is 45.9. The van der Waals surface area contributed by atoms with E-state index >= 15 is 0 Å². The Morgan fingerprint density at radius 1 is 0.305 bits per heavy atom. The van der Waals surface area contributed by atoms with E-state index in [4.69, 9.17) is 5.73 Å². The maximum Gasteiger partial charge on any atom is 0.0714 e. The lowest BCUT2D eigenvalue weighted by Gasteiger charge is -2.34. The zero-order valence-electron chi connectivity index (χ0n) is 45.9. The maximum atomic E-state index is 6.20. The van der Waals surface area contributed by atoms with Crippen LogP contribution in [0.3, 0.4) is 0 Å². The van der Waals surface area contributed by atoms with E-state index in [9.17, 15) is 0 Å². The maximum absolute atomic E-state index is 6.20. The Balaban J connectivity index is 0.000000184. The number of hydrogen-bond acceptors (Lipinski definition) is 2. The molecule has 2 heteroatoms. The number of hydrogen-bond donors (Lipinski definition) is 2. The summed E-state index contributed by atoms with van der Waals surface area (Å²) >= 11 is 0. The fourth-order valence-corrected chi connectivity index (χ4v) is 14.4. The lowest BCUT2D eigenvalue weighted by molar-refractivity contribution is 0.769. The van der Waals surface area contributed by atoms with Gasteiger partial charge in [-0.3, -0.25) is 0 Å². The smallest absolute Gasteiger partial charge is 0.0714 e. The second-order valence-electron chi connectivity index (χ2n) is 22.3. The van der Waals surface area contributed by atoms with Crippen molar-refractivity contribution < 1.29 is 0 Å². The van der Waals surface area contributed by atoms with Crippen LogP contribution in [-0.2, 0) is 10.8 Å². The van der Waals surface area contributed by atoms with Gasteiger partial charge >= 0.3 is 0 Å². The van der Waals surface area contributed by atoms with Crippen LogP contribution in [0.15, 0.2) is 297 Å². The summed E-state index contributed by atoms with van der Waals surface area (Å²) in [5.74, 6) is 0. The molecule has 2 aliphatic carbocycles. The molecule has 0 bridgehead atoms. The molecule has 14 aromatic carbocycles. The lowest BCUT2D eigenvalue weighted by atomic mass is 9.67. The van der Waals surface area contributed by atoms with E-state index in [-0.39, 0.29) is 5.41 Å². The monoisotopic (exact) mass is 1050 g/mol. The van der Waals surface area contributed by atoms with Gasteiger partial charge in [0.05, 0.1) is 16.5 Å². The van der Waals surface area contributed by atoms with Gasteiger partial charge in [0.25, 0.3) is 0 Å². The second kappa shape index (κ2) is 19.5. The van der Waals surface area contributed by atoms with E-state index in [0.29, 0.717) is 0 Å². The van der Waals surface area contributed by atoms with Crippen molar-refractivity contribution in [3.63, 3.8) is 0 Å². The minimum Gasteiger partial charge on any atom is -0.399 e. The molecule has 0 saturated carbocycles. The van der Waals surface area contributed by atoms with Gasteiger partial charge in [-0.25, -0.2) is 0 Å². The fourth-order valence-electron chi connectivity index (χ4n) is 14.4. The molecule has 0 aliphatic heterocycles. The van der Waals surface area contributed by atoms with Gasteiger partial charge in [0.15, 0.2) is 0 Å². The summed E-state index contributed by atoms with van der Waals surface area (Å²) in [5, 5.41) is 11.8. The molecule has 0 aromatic heterocycles. The number of fused-ring (bicyclic) bond motifs is 6. The Morgan fingerprint density at radius 2 is 0.720 bits per heavy atom.